The molecule has 1 aliphatic carbocycles. The maximum Gasteiger partial charge on any atom is 0.157 e. The first-order valence-corrected chi connectivity index (χ1v) is 5.00. The molecular formula is C10H18O2. The smallest absolute Gasteiger partial charge is 0.157 e. The molecule has 2 fully saturated rings. The Labute approximate surface area is 73.9 Å². The number of hydrogen-bond donors (Lipinski definition) is 1. The molecule has 0 radical (unpaired) electrons. The predicted octanol–water partition coefficient (Wildman–Crippen LogP) is 1.63. The van der Waals surface area contributed by atoms with E-state index < -0.39 is 6.29 Å². The summed E-state index contributed by atoms with van der Waals surface area (Å²) < 4.78 is 5.33. The first-order valence-electron chi connectivity index (χ1n) is 5.00. The van der Waals surface area contributed by atoms with Crippen LogP contribution in [0.15, 0.2) is 0 Å². The Bertz CT molecular complexity index is 169. The lowest BCUT2D eigenvalue weighted by Crippen LogP contribution is -2.40. The molecule has 2 rings (SSSR count). The van der Waals surface area contributed by atoms with Crippen LogP contribution in [0.5, 0.6) is 0 Å². The zero-order valence-corrected chi connectivity index (χ0v) is 7.86. The highest BCUT2D eigenvalue weighted by Crippen LogP contribution is 2.45. The summed E-state index contributed by atoms with van der Waals surface area (Å²) in [6, 6.07) is 0. The fourth-order valence-electron chi connectivity index (χ4n) is 2.90. The largest absolute Gasteiger partial charge is 0.368 e. The van der Waals surface area contributed by atoms with Crippen LogP contribution < -0.4 is 0 Å². The maximum absolute atomic E-state index is 9.65. The zero-order chi connectivity index (χ0) is 8.72. The van der Waals surface area contributed by atoms with E-state index in [1.54, 1.807) is 0 Å². The van der Waals surface area contributed by atoms with Gasteiger partial charge < -0.3 is 9.84 Å². The van der Waals surface area contributed by atoms with Crippen molar-refractivity contribution in [1.82, 2.24) is 0 Å². The molecule has 0 aromatic heterocycles. The second kappa shape index (κ2) is 3.00. The molecular weight excluding hydrogens is 152 g/mol. The maximum atomic E-state index is 9.65. The second-order valence-corrected chi connectivity index (χ2v) is 4.50. The van der Waals surface area contributed by atoms with Crippen molar-refractivity contribution in [2.75, 3.05) is 6.61 Å². The van der Waals surface area contributed by atoms with Crippen molar-refractivity contribution >= 4 is 0 Å². The van der Waals surface area contributed by atoms with Gasteiger partial charge in [-0.1, -0.05) is 13.8 Å². The van der Waals surface area contributed by atoms with E-state index in [0.717, 1.165) is 6.61 Å². The van der Waals surface area contributed by atoms with Gasteiger partial charge in [-0.05, 0) is 30.6 Å². The van der Waals surface area contributed by atoms with Crippen LogP contribution in [-0.4, -0.2) is 18.0 Å². The minimum atomic E-state index is -0.483. The van der Waals surface area contributed by atoms with Gasteiger partial charge in [-0.15, -0.1) is 0 Å². The Morgan fingerprint density at radius 3 is 2.58 bits per heavy atom. The summed E-state index contributed by atoms with van der Waals surface area (Å²) in [7, 11) is 0. The summed E-state index contributed by atoms with van der Waals surface area (Å²) in [6.45, 7) is 5.21. The topological polar surface area (TPSA) is 29.5 Å². The van der Waals surface area contributed by atoms with Crippen molar-refractivity contribution in [2.45, 2.75) is 33.0 Å². The average Bonchev–Trinajstić information content (AvgIpc) is 2.42. The van der Waals surface area contributed by atoms with Crippen molar-refractivity contribution in [3.05, 3.63) is 0 Å². The van der Waals surface area contributed by atoms with Gasteiger partial charge >= 0.3 is 0 Å². The van der Waals surface area contributed by atoms with Crippen LogP contribution in [0.2, 0.25) is 0 Å². The number of hydrogen-bond acceptors (Lipinski definition) is 2. The first kappa shape index (κ1) is 8.52. The summed E-state index contributed by atoms with van der Waals surface area (Å²) in [4.78, 5) is 0. The van der Waals surface area contributed by atoms with Gasteiger partial charge in [0.05, 0.1) is 6.61 Å². The summed E-state index contributed by atoms with van der Waals surface area (Å²) in [5, 5.41) is 9.65. The van der Waals surface area contributed by atoms with Gasteiger partial charge in [-0.3, -0.25) is 0 Å². The molecule has 5 atom stereocenters. The monoisotopic (exact) mass is 170 g/mol. The Hall–Kier alpha value is -0.0800. The lowest BCUT2D eigenvalue weighted by Gasteiger charge is -2.37. The average molecular weight is 170 g/mol. The molecule has 0 aromatic rings. The van der Waals surface area contributed by atoms with E-state index in [4.69, 9.17) is 4.74 Å². The van der Waals surface area contributed by atoms with Crippen LogP contribution in [0.4, 0.5) is 0 Å². The van der Waals surface area contributed by atoms with Gasteiger partial charge in [0, 0.05) is 5.92 Å². The van der Waals surface area contributed by atoms with Gasteiger partial charge in [-0.25, -0.2) is 0 Å². The molecule has 2 nitrogen and oxygen atoms in total. The fourth-order valence-corrected chi connectivity index (χ4v) is 2.90. The minimum absolute atomic E-state index is 0.411. The van der Waals surface area contributed by atoms with E-state index in [2.05, 4.69) is 13.8 Å². The molecule has 1 saturated carbocycles. The quantitative estimate of drug-likeness (QED) is 0.598. The normalized spacial score (nSPS) is 53.8. The lowest BCUT2D eigenvalue weighted by atomic mass is 9.80. The Balaban J connectivity index is 2.13. The first-order chi connectivity index (χ1) is 5.70. The highest BCUT2D eigenvalue weighted by atomic mass is 16.6. The third-order valence-electron chi connectivity index (χ3n) is 3.70. The van der Waals surface area contributed by atoms with Crippen molar-refractivity contribution in [3.63, 3.8) is 0 Å². The van der Waals surface area contributed by atoms with Gasteiger partial charge in [0.1, 0.15) is 0 Å². The van der Waals surface area contributed by atoms with Gasteiger partial charge in [-0.2, -0.15) is 0 Å². The zero-order valence-electron chi connectivity index (χ0n) is 7.86. The summed E-state index contributed by atoms with van der Waals surface area (Å²) >= 11 is 0. The van der Waals surface area contributed by atoms with E-state index in [0.29, 0.717) is 23.7 Å². The minimum Gasteiger partial charge on any atom is -0.368 e. The number of ether oxygens (including phenoxy) is 1. The van der Waals surface area contributed by atoms with Crippen LogP contribution in [0.25, 0.3) is 0 Å². The summed E-state index contributed by atoms with van der Waals surface area (Å²) in [5.41, 5.74) is 0. The molecule has 1 N–H and O–H groups in total. The molecule has 0 aromatic carbocycles. The standard InChI is InChI=1S/C10H18O2/c1-6-3-4-8-7(2)5-12-10(11)9(6)8/h6-11H,3-5H2,1-2H3/t6-,7-,8?,9?,10?/m0/s1. The molecule has 1 saturated heterocycles. The molecule has 0 spiro atoms. The molecule has 12 heavy (non-hydrogen) atoms. The van der Waals surface area contributed by atoms with Gasteiger partial charge in [0.15, 0.2) is 6.29 Å². The molecule has 0 bridgehead atoms. The Kier molecular flexibility index (Phi) is 2.13. The van der Waals surface area contributed by atoms with Crippen LogP contribution in [0, 0.1) is 23.7 Å². The van der Waals surface area contributed by atoms with Crippen molar-refractivity contribution in [3.8, 4) is 0 Å². The fraction of sp³-hybridized carbons (Fsp3) is 1.00. The van der Waals surface area contributed by atoms with E-state index in [1.165, 1.54) is 12.8 Å². The number of fused-ring (bicyclic) bond motifs is 1. The third kappa shape index (κ3) is 1.17. The predicted molar refractivity (Wildman–Crippen MR) is 46.5 cm³/mol. The van der Waals surface area contributed by atoms with E-state index >= 15 is 0 Å². The van der Waals surface area contributed by atoms with Crippen LogP contribution in [0.1, 0.15) is 26.7 Å². The highest BCUT2D eigenvalue weighted by Gasteiger charge is 2.44. The highest BCUT2D eigenvalue weighted by molar-refractivity contribution is 4.89. The van der Waals surface area contributed by atoms with E-state index in [-0.39, 0.29) is 0 Å². The van der Waals surface area contributed by atoms with Crippen molar-refractivity contribution in [2.24, 2.45) is 23.7 Å². The van der Waals surface area contributed by atoms with E-state index in [9.17, 15) is 5.11 Å². The summed E-state index contributed by atoms with van der Waals surface area (Å²) in [6.07, 6.45) is 2.07. The summed E-state index contributed by atoms with van der Waals surface area (Å²) in [5.74, 6) is 2.41. The lowest BCUT2D eigenvalue weighted by molar-refractivity contribution is -0.195. The van der Waals surface area contributed by atoms with Crippen molar-refractivity contribution in [1.29, 1.82) is 0 Å². The third-order valence-corrected chi connectivity index (χ3v) is 3.70. The van der Waals surface area contributed by atoms with Crippen LogP contribution in [0.3, 0.4) is 0 Å². The van der Waals surface area contributed by atoms with Crippen LogP contribution >= 0.6 is 0 Å². The molecule has 3 unspecified atom stereocenters. The number of aliphatic hydroxyl groups excluding tert-OH is 1. The number of rotatable bonds is 0. The SMILES string of the molecule is C[C@H]1COC(O)C2C1CC[C@@H]2C. The molecule has 2 heteroatoms. The van der Waals surface area contributed by atoms with Gasteiger partial charge in [0.25, 0.3) is 0 Å². The second-order valence-electron chi connectivity index (χ2n) is 4.50. The molecule has 1 aliphatic heterocycles. The molecule has 1 heterocycles. The molecule has 0 amide bonds. The number of aliphatic hydroxyl groups is 1. The van der Waals surface area contributed by atoms with Crippen molar-refractivity contribution < 1.29 is 9.84 Å². The molecule has 70 valence electrons. The van der Waals surface area contributed by atoms with E-state index in [1.807, 2.05) is 0 Å². The Morgan fingerprint density at radius 1 is 1.17 bits per heavy atom. The van der Waals surface area contributed by atoms with Crippen LogP contribution in [-0.2, 0) is 4.74 Å². The Morgan fingerprint density at radius 2 is 1.92 bits per heavy atom. The molecule has 2 aliphatic rings. The van der Waals surface area contributed by atoms with Gasteiger partial charge in [0.2, 0.25) is 0 Å².